The van der Waals surface area contributed by atoms with Gasteiger partial charge >= 0.3 is 6.85 Å². The van der Waals surface area contributed by atoms with Gasteiger partial charge in [-0.05, 0) is 148 Å². The molecule has 0 atom stereocenters. The minimum absolute atomic E-state index is 0.0102. The Kier molecular flexibility index (Phi) is 8.73. The molecule has 0 N–H and O–H groups in total. The highest BCUT2D eigenvalue weighted by Crippen LogP contribution is 2.48. The Morgan fingerprint density at radius 2 is 0.836 bits per heavy atom. The van der Waals surface area contributed by atoms with E-state index >= 15 is 0 Å². The largest absolute Gasteiger partial charge is 0.375 e. The Morgan fingerprint density at radius 1 is 0.343 bits per heavy atom. The summed E-state index contributed by atoms with van der Waals surface area (Å²) in [6.45, 7) is 27.8. The zero-order valence-corrected chi connectivity index (χ0v) is 41.4. The number of aromatic nitrogens is 2. The van der Waals surface area contributed by atoms with E-state index in [1.54, 1.807) is 0 Å². The van der Waals surface area contributed by atoms with Crippen molar-refractivity contribution < 1.29 is 0 Å². The molecule has 10 aromatic rings. The minimum Gasteiger partial charge on any atom is -0.375 e. The summed E-state index contributed by atoms with van der Waals surface area (Å²) < 4.78 is 5.39. The summed E-state index contributed by atoms with van der Waals surface area (Å²) in [5, 5.41) is 5.26. The van der Waals surface area contributed by atoms with Crippen molar-refractivity contribution in [2.75, 3.05) is 0 Å². The van der Waals surface area contributed by atoms with Crippen LogP contribution >= 0.6 is 0 Å². The van der Waals surface area contributed by atoms with E-state index in [2.05, 4.69) is 244 Å². The molecule has 2 aromatic heterocycles. The zero-order chi connectivity index (χ0) is 46.7. The standard InChI is InChI=1S/C64H61BN2/c1-61(2,3)44-23-18-39(19-24-44)41-22-28-55-48(30-41)51-32-42(40-20-25-45(26-21-40)62(4,5)6)33-54-60(51)66(55)57-34-43(38-16-14-13-15-17-38)31-50-53-37-47(64(10,11)12)36-52-49-35-46(63(7,8)9)27-29-56(49)67(59(52)53)65(54)58(50)57/h13-37H,1-12H3. The van der Waals surface area contributed by atoms with Gasteiger partial charge in [0.2, 0.25) is 0 Å². The molecule has 2 aliphatic rings. The molecule has 2 aliphatic heterocycles. The van der Waals surface area contributed by atoms with Crippen molar-refractivity contribution in [3.05, 3.63) is 174 Å². The molecule has 0 saturated carbocycles. The van der Waals surface area contributed by atoms with Crippen LogP contribution in [-0.4, -0.2) is 15.9 Å². The maximum Gasteiger partial charge on any atom is 0.333 e. The average Bonchev–Trinajstić information content (AvgIpc) is 3.80. The molecule has 8 aromatic carbocycles. The molecular weight excluding hydrogens is 808 g/mol. The highest BCUT2D eigenvalue weighted by atomic mass is 15.0. The van der Waals surface area contributed by atoms with Crippen LogP contribution in [0.5, 0.6) is 0 Å². The van der Waals surface area contributed by atoms with Crippen LogP contribution in [0.25, 0.3) is 93.8 Å². The van der Waals surface area contributed by atoms with E-state index in [0.29, 0.717) is 0 Å². The van der Waals surface area contributed by atoms with Crippen LogP contribution < -0.4 is 10.9 Å². The molecule has 0 bridgehead atoms. The summed E-state index contributed by atoms with van der Waals surface area (Å²) in [4.78, 5) is 0. The zero-order valence-electron chi connectivity index (χ0n) is 41.4. The summed E-state index contributed by atoms with van der Waals surface area (Å²) in [6, 6.07) is 59.3. The van der Waals surface area contributed by atoms with Crippen LogP contribution in [-0.2, 0) is 21.7 Å². The predicted molar refractivity (Wildman–Crippen MR) is 291 cm³/mol. The molecule has 0 saturated heterocycles. The molecule has 330 valence electrons. The summed E-state index contributed by atoms with van der Waals surface area (Å²) >= 11 is 0. The van der Waals surface area contributed by atoms with Crippen LogP contribution in [0.2, 0.25) is 0 Å². The molecule has 12 rings (SSSR count). The van der Waals surface area contributed by atoms with E-state index in [1.807, 2.05) is 0 Å². The topological polar surface area (TPSA) is 9.86 Å². The first kappa shape index (κ1) is 41.8. The van der Waals surface area contributed by atoms with Gasteiger partial charge in [0.25, 0.3) is 0 Å². The van der Waals surface area contributed by atoms with Gasteiger partial charge in [-0.1, -0.05) is 180 Å². The third-order valence-corrected chi connectivity index (χ3v) is 15.3. The smallest absolute Gasteiger partial charge is 0.333 e. The second-order valence-electron chi connectivity index (χ2n) is 23.9. The van der Waals surface area contributed by atoms with Crippen molar-refractivity contribution in [3.8, 4) is 50.2 Å². The van der Waals surface area contributed by atoms with Crippen molar-refractivity contribution in [1.29, 1.82) is 0 Å². The average molecular weight is 869 g/mol. The van der Waals surface area contributed by atoms with E-state index in [1.165, 1.54) is 127 Å². The van der Waals surface area contributed by atoms with Crippen LogP contribution in [0.4, 0.5) is 0 Å². The van der Waals surface area contributed by atoms with E-state index in [0.717, 1.165) is 0 Å². The second kappa shape index (κ2) is 14.0. The number of rotatable bonds is 3. The second-order valence-corrected chi connectivity index (χ2v) is 23.9. The molecule has 0 aliphatic carbocycles. The molecule has 0 radical (unpaired) electrons. The fourth-order valence-electron chi connectivity index (χ4n) is 11.4. The Hall–Kier alpha value is -6.58. The lowest BCUT2D eigenvalue weighted by molar-refractivity contribution is 0.590. The van der Waals surface area contributed by atoms with E-state index in [9.17, 15) is 0 Å². The molecule has 0 fully saturated rings. The first-order valence-corrected chi connectivity index (χ1v) is 24.4. The van der Waals surface area contributed by atoms with Crippen LogP contribution in [0.1, 0.15) is 105 Å². The summed E-state index contributed by atoms with van der Waals surface area (Å²) in [7, 11) is 0. The lowest BCUT2D eigenvalue weighted by Crippen LogP contribution is -2.55. The van der Waals surface area contributed by atoms with E-state index in [4.69, 9.17) is 0 Å². The minimum atomic E-state index is -0.0548. The molecule has 67 heavy (non-hydrogen) atoms. The predicted octanol–water partition coefficient (Wildman–Crippen LogP) is 16.0. The first-order valence-electron chi connectivity index (χ1n) is 24.4. The van der Waals surface area contributed by atoms with Crippen molar-refractivity contribution in [2.24, 2.45) is 0 Å². The van der Waals surface area contributed by atoms with Gasteiger partial charge in [-0.25, -0.2) is 0 Å². The van der Waals surface area contributed by atoms with Gasteiger partial charge in [0, 0.05) is 43.8 Å². The van der Waals surface area contributed by atoms with Gasteiger partial charge in [0.1, 0.15) is 0 Å². The third-order valence-electron chi connectivity index (χ3n) is 15.3. The first-order chi connectivity index (χ1) is 31.7. The number of fused-ring (bicyclic) bond motifs is 10. The number of hydrogen-bond acceptors (Lipinski definition) is 0. The molecule has 2 nitrogen and oxygen atoms in total. The van der Waals surface area contributed by atoms with Crippen molar-refractivity contribution >= 4 is 61.4 Å². The van der Waals surface area contributed by atoms with Crippen molar-refractivity contribution in [1.82, 2.24) is 9.05 Å². The van der Waals surface area contributed by atoms with Crippen molar-refractivity contribution in [2.45, 2.75) is 105 Å². The molecule has 0 unspecified atom stereocenters. The van der Waals surface area contributed by atoms with Gasteiger partial charge in [-0.3, -0.25) is 0 Å². The Labute approximate surface area is 397 Å². The van der Waals surface area contributed by atoms with E-state index < -0.39 is 0 Å². The Bertz CT molecular complexity index is 3680. The normalized spacial score (nSPS) is 13.6. The molecular formula is C64H61BN2. The van der Waals surface area contributed by atoms with Crippen molar-refractivity contribution in [3.63, 3.8) is 0 Å². The van der Waals surface area contributed by atoms with E-state index in [-0.39, 0.29) is 28.5 Å². The van der Waals surface area contributed by atoms with Crippen LogP contribution in [0, 0.1) is 0 Å². The number of benzene rings is 8. The van der Waals surface area contributed by atoms with Gasteiger partial charge in [-0.15, -0.1) is 0 Å². The summed E-state index contributed by atoms with van der Waals surface area (Å²) in [6.07, 6.45) is 0. The molecule has 3 heteroatoms. The molecule has 0 spiro atoms. The Balaban J connectivity index is 1.24. The highest BCUT2D eigenvalue weighted by molar-refractivity contribution is 6.90. The SMILES string of the molecule is CC(C)(C)c1ccc(-c2ccc3c(c2)c2cc(-c4ccc(C(C)(C)C)cc4)cc4c2n3-c2cc(-c3ccccc3)cc3c2B4n2c4ccc(C(C)(C)C)cc4c4cc(C(C)(C)C)cc-3c42)cc1. The highest BCUT2D eigenvalue weighted by Gasteiger charge is 2.43. The molecule has 4 heterocycles. The summed E-state index contributed by atoms with van der Waals surface area (Å²) in [5.74, 6) is 0. The number of hydrogen-bond donors (Lipinski definition) is 0. The van der Waals surface area contributed by atoms with Crippen LogP contribution in [0.3, 0.4) is 0 Å². The monoisotopic (exact) mass is 868 g/mol. The van der Waals surface area contributed by atoms with Gasteiger partial charge in [0.05, 0.1) is 11.0 Å². The number of nitrogens with zero attached hydrogens (tertiary/aromatic N) is 2. The third kappa shape index (κ3) is 6.37. The van der Waals surface area contributed by atoms with Gasteiger partial charge in [-0.2, -0.15) is 0 Å². The maximum absolute atomic E-state index is 2.75. The fourth-order valence-corrected chi connectivity index (χ4v) is 11.4. The Morgan fingerprint density at radius 3 is 1.46 bits per heavy atom. The molecule has 0 amide bonds. The van der Waals surface area contributed by atoms with Gasteiger partial charge in [0.15, 0.2) is 0 Å². The summed E-state index contributed by atoms with van der Waals surface area (Å²) in [5.41, 5.74) is 24.8. The van der Waals surface area contributed by atoms with Crippen LogP contribution in [0.15, 0.2) is 152 Å². The quantitative estimate of drug-likeness (QED) is 0.157. The fraction of sp³-hybridized carbons (Fsp3) is 0.250. The lowest BCUT2D eigenvalue weighted by Gasteiger charge is -2.35. The maximum atomic E-state index is 2.75. The van der Waals surface area contributed by atoms with Gasteiger partial charge < -0.3 is 9.05 Å². The lowest BCUT2D eigenvalue weighted by atomic mass is 9.45.